The molecule has 5 heteroatoms. The van der Waals surface area contributed by atoms with Gasteiger partial charge in [0, 0.05) is 12.6 Å². The molecule has 1 aliphatic carbocycles. The molecule has 0 bridgehead atoms. The van der Waals surface area contributed by atoms with Gasteiger partial charge in [-0.25, -0.2) is 0 Å². The molecule has 110 valence electrons. The summed E-state index contributed by atoms with van der Waals surface area (Å²) in [6.45, 7) is 5.22. The second-order valence-corrected chi connectivity index (χ2v) is 5.19. The number of hydrogen-bond donors (Lipinski definition) is 1. The number of rotatable bonds is 9. The summed E-state index contributed by atoms with van der Waals surface area (Å²) in [5, 5.41) is 3.19. The van der Waals surface area contributed by atoms with Crippen LogP contribution in [-0.2, 0) is 14.3 Å². The Morgan fingerprint density at radius 3 is 2.42 bits per heavy atom. The summed E-state index contributed by atoms with van der Waals surface area (Å²) in [6, 6.07) is 0.497. The molecule has 0 atom stereocenters. The molecule has 0 aromatic carbocycles. The number of nitrogens with one attached hydrogen (secondary N) is 1. The van der Waals surface area contributed by atoms with E-state index in [0.717, 1.165) is 25.7 Å². The lowest BCUT2D eigenvalue weighted by molar-refractivity contribution is -0.147. The Morgan fingerprint density at radius 1 is 1.32 bits per heavy atom. The molecule has 0 aliphatic heterocycles. The van der Waals surface area contributed by atoms with Crippen molar-refractivity contribution in [3.8, 4) is 0 Å². The third-order valence-corrected chi connectivity index (χ3v) is 3.65. The van der Waals surface area contributed by atoms with Crippen LogP contribution in [0.25, 0.3) is 0 Å². The van der Waals surface area contributed by atoms with E-state index in [9.17, 15) is 9.59 Å². The Hall–Kier alpha value is -1.10. The third-order valence-electron chi connectivity index (χ3n) is 3.65. The number of esters is 1. The van der Waals surface area contributed by atoms with Crippen LogP contribution in [0.2, 0.25) is 0 Å². The molecule has 1 amide bonds. The molecule has 1 saturated carbocycles. The molecule has 0 aromatic rings. The van der Waals surface area contributed by atoms with Crippen molar-refractivity contribution in [1.82, 2.24) is 10.2 Å². The summed E-state index contributed by atoms with van der Waals surface area (Å²) >= 11 is 0. The second-order valence-electron chi connectivity index (χ2n) is 5.19. The van der Waals surface area contributed by atoms with Crippen LogP contribution in [0.5, 0.6) is 0 Å². The predicted molar refractivity (Wildman–Crippen MR) is 73.7 cm³/mol. The molecular formula is C14H26N2O3. The highest BCUT2D eigenvalue weighted by Crippen LogP contribution is 2.18. The fourth-order valence-electron chi connectivity index (χ4n) is 1.96. The monoisotopic (exact) mass is 270 g/mol. The normalized spacial score (nSPS) is 14.5. The van der Waals surface area contributed by atoms with Gasteiger partial charge in [0.25, 0.3) is 0 Å². The van der Waals surface area contributed by atoms with E-state index in [1.165, 1.54) is 7.11 Å². The fraction of sp³-hybridized carbons (Fsp3) is 0.857. The number of hydrogen-bond acceptors (Lipinski definition) is 4. The molecule has 1 fully saturated rings. The predicted octanol–water partition coefficient (Wildman–Crippen LogP) is 1.18. The molecule has 1 aliphatic rings. The zero-order chi connectivity index (χ0) is 14.3. The molecule has 1 rings (SSSR count). The highest BCUT2D eigenvalue weighted by Gasteiger charge is 2.24. The van der Waals surface area contributed by atoms with Crippen molar-refractivity contribution in [2.75, 3.05) is 26.7 Å². The van der Waals surface area contributed by atoms with Gasteiger partial charge < -0.3 is 15.0 Å². The van der Waals surface area contributed by atoms with Crippen LogP contribution >= 0.6 is 0 Å². The Bertz CT molecular complexity index is 299. The summed E-state index contributed by atoms with van der Waals surface area (Å²) in [5.74, 6) is 0.0736. The van der Waals surface area contributed by atoms with E-state index in [1.807, 2.05) is 0 Å². The minimum atomic E-state index is -0.356. The van der Waals surface area contributed by atoms with E-state index in [0.29, 0.717) is 25.0 Å². The first kappa shape index (κ1) is 16.0. The molecule has 5 nitrogen and oxygen atoms in total. The van der Waals surface area contributed by atoms with Crippen LogP contribution in [0, 0.1) is 5.92 Å². The lowest BCUT2D eigenvalue weighted by atomic mass is 10.0. The molecular weight excluding hydrogens is 244 g/mol. The molecule has 0 saturated heterocycles. The van der Waals surface area contributed by atoms with Crippen molar-refractivity contribution in [2.45, 2.75) is 45.6 Å². The van der Waals surface area contributed by atoms with Crippen LogP contribution < -0.4 is 5.32 Å². The third kappa shape index (κ3) is 6.05. The lowest BCUT2D eigenvalue weighted by Gasteiger charge is -2.26. The maximum atomic E-state index is 12.1. The van der Waals surface area contributed by atoms with Gasteiger partial charge in [-0.05, 0) is 18.8 Å². The molecule has 1 N–H and O–H groups in total. The van der Waals surface area contributed by atoms with Gasteiger partial charge >= 0.3 is 5.97 Å². The second kappa shape index (κ2) is 8.15. The van der Waals surface area contributed by atoms with Crippen molar-refractivity contribution < 1.29 is 14.3 Å². The van der Waals surface area contributed by atoms with Crippen LogP contribution in [0.1, 0.15) is 39.5 Å². The van der Waals surface area contributed by atoms with Gasteiger partial charge in [-0.3, -0.25) is 9.59 Å². The van der Waals surface area contributed by atoms with Crippen molar-refractivity contribution in [3.05, 3.63) is 0 Å². The van der Waals surface area contributed by atoms with Crippen molar-refractivity contribution in [3.63, 3.8) is 0 Å². The number of amides is 1. The molecule has 0 spiro atoms. The minimum Gasteiger partial charge on any atom is -0.468 e. The minimum absolute atomic E-state index is 0.01000. The van der Waals surface area contributed by atoms with E-state index < -0.39 is 0 Å². The summed E-state index contributed by atoms with van der Waals surface area (Å²) in [4.78, 5) is 25.2. The molecule has 0 radical (unpaired) electrons. The van der Waals surface area contributed by atoms with E-state index in [4.69, 9.17) is 0 Å². The lowest BCUT2D eigenvalue weighted by Crippen LogP contribution is -2.44. The standard InChI is InChI=1S/C14H26N2O3/c1-4-11(5-2)9-16(10-14(18)19-3)13(17)8-15-12-6-7-12/h11-12,15H,4-10H2,1-3H3. The van der Waals surface area contributed by atoms with Gasteiger partial charge in [-0.2, -0.15) is 0 Å². The van der Waals surface area contributed by atoms with Crippen molar-refractivity contribution >= 4 is 11.9 Å². The number of carbonyl (C=O) groups is 2. The maximum absolute atomic E-state index is 12.1. The topological polar surface area (TPSA) is 58.6 Å². The first-order valence-electron chi connectivity index (χ1n) is 7.18. The van der Waals surface area contributed by atoms with Gasteiger partial charge in [0.1, 0.15) is 6.54 Å². The van der Waals surface area contributed by atoms with Crippen LogP contribution in [0.3, 0.4) is 0 Å². The number of methoxy groups -OCH3 is 1. The van der Waals surface area contributed by atoms with Crippen molar-refractivity contribution in [1.29, 1.82) is 0 Å². The number of nitrogens with zero attached hydrogens (tertiary/aromatic N) is 1. The van der Waals surface area contributed by atoms with E-state index in [-0.39, 0.29) is 18.4 Å². The highest BCUT2D eigenvalue weighted by atomic mass is 16.5. The Kier molecular flexibility index (Phi) is 6.84. The Morgan fingerprint density at radius 2 is 1.95 bits per heavy atom. The maximum Gasteiger partial charge on any atom is 0.325 e. The van der Waals surface area contributed by atoms with Gasteiger partial charge in [-0.15, -0.1) is 0 Å². The average molecular weight is 270 g/mol. The van der Waals surface area contributed by atoms with E-state index >= 15 is 0 Å². The zero-order valence-corrected chi connectivity index (χ0v) is 12.3. The quantitative estimate of drug-likeness (QED) is 0.639. The summed E-state index contributed by atoms with van der Waals surface area (Å²) in [6.07, 6.45) is 4.32. The summed E-state index contributed by atoms with van der Waals surface area (Å²) in [7, 11) is 1.35. The van der Waals surface area contributed by atoms with Crippen molar-refractivity contribution in [2.24, 2.45) is 5.92 Å². The summed E-state index contributed by atoms with van der Waals surface area (Å²) in [5.41, 5.74) is 0. The van der Waals surface area contributed by atoms with Crippen LogP contribution in [-0.4, -0.2) is 49.6 Å². The van der Waals surface area contributed by atoms with Gasteiger partial charge in [-0.1, -0.05) is 26.7 Å². The van der Waals surface area contributed by atoms with Gasteiger partial charge in [0.2, 0.25) is 5.91 Å². The fourth-order valence-corrected chi connectivity index (χ4v) is 1.96. The Balaban J connectivity index is 2.49. The van der Waals surface area contributed by atoms with Gasteiger partial charge in [0.05, 0.1) is 13.7 Å². The molecule has 0 unspecified atom stereocenters. The molecule has 0 aromatic heterocycles. The zero-order valence-electron chi connectivity index (χ0n) is 12.3. The van der Waals surface area contributed by atoms with Crippen LogP contribution in [0.4, 0.5) is 0 Å². The Labute approximate surface area is 115 Å². The number of carbonyl (C=O) groups excluding carboxylic acids is 2. The smallest absolute Gasteiger partial charge is 0.325 e. The first-order valence-corrected chi connectivity index (χ1v) is 7.18. The molecule has 19 heavy (non-hydrogen) atoms. The average Bonchev–Trinajstić information content (AvgIpc) is 3.24. The largest absolute Gasteiger partial charge is 0.468 e. The van der Waals surface area contributed by atoms with E-state index in [1.54, 1.807) is 4.90 Å². The molecule has 0 heterocycles. The van der Waals surface area contributed by atoms with Crippen LogP contribution in [0.15, 0.2) is 0 Å². The van der Waals surface area contributed by atoms with Gasteiger partial charge in [0.15, 0.2) is 0 Å². The number of ether oxygens (including phenoxy) is 1. The highest BCUT2D eigenvalue weighted by molar-refractivity contribution is 5.83. The first-order chi connectivity index (χ1) is 9.10. The van der Waals surface area contributed by atoms with E-state index in [2.05, 4.69) is 23.9 Å². The SMILES string of the molecule is CCC(CC)CN(CC(=O)OC)C(=O)CNC1CC1. The summed E-state index contributed by atoms with van der Waals surface area (Å²) < 4.78 is 4.66.